The number of furan rings is 1. The minimum Gasteiger partial charge on any atom is -0.460 e. The van der Waals surface area contributed by atoms with Gasteiger partial charge in [-0.25, -0.2) is 0 Å². The zero-order chi connectivity index (χ0) is 14.7. The third kappa shape index (κ3) is 3.54. The summed E-state index contributed by atoms with van der Waals surface area (Å²) in [5.41, 5.74) is 2.16. The number of hydrogen-bond acceptors (Lipinski definition) is 4. The van der Waals surface area contributed by atoms with Gasteiger partial charge in [0, 0.05) is 24.8 Å². The lowest BCUT2D eigenvalue weighted by molar-refractivity contribution is 0.229. The summed E-state index contributed by atoms with van der Waals surface area (Å²) in [6.45, 7) is 4.15. The van der Waals surface area contributed by atoms with E-state index in [1.165, 1.54) is 18.4 Å². The molecule has 1 aliphatic rings. The Hall–Kier alpha value is -1.59. The smallest absolute Gasteiger partial charge is 0.152 e. The second-order valence-electron chi connectivity index (χ2n) is 5.81. The molecule has 3 rings (SSSR count). The van der Waals surface area contributed by atoms with Crippen molar-refractivity contribution in [3.05, 3.63) is 29.7 Å². The van der Waals surface area contributed by atoms with Gasteiger partial charge < -0.3 is 9.52 Å². The maximum atomic E-state index is 8.94. The highest BCUT2D eigenvalue weighted by atomic mass is 16.3. The third-order valence-corrected chi connectivity index (χ3v) is 3.99. The van der Waals surface area contributed by atoms with E-state index in [1.54, 1.807) is 0 Å². The molecule has 2 heterocycles. The number of hydrogen-bond donors (Lipinski definition) is 2. The SMILES string of the molecule is Cc1ccc(-c2[nH]ncc2CN(CCCCO)C2CC2)o1. The summed E-state index contributed by atoms with van der Waals surface area (Å²) in [4.78, 5) is 2.50. The van der Waals surface area contributed by atoms with Crippen molar-refractivity contribution in [2.24, 2.45) is 0 Å². The van der Waals surface area contributed by atoms with Crippen LogP contribution in [0.5, 0.6) is 0 Å². The molecule has 5 nitrogen and oxygen atoms in total. The van der Waals surface area contributed by atoms with Gasteiger partial charge in [-0.3, -0.25) is 10.00 Å². The van der Waals surface area contributed by atoms with Gasteiger partial charge in [0.05, 0.1) is 6.20 Å². The molecule has 0 unspecified atom stereocenters. The van der Waals surface area contributed by atoms with Crippen molar-refractivity contribution in [3.8, 4) is 11.5 Å². The van der Waals surface area contributed by atoms with E-state index in [9.17, 15) is 0 Å². The van der Waals surface area contributed by atoms with Crippen LogP contribution in [0.2, 0.25) is 0 Å². The molecular formula is C16H23N3O2. The largest absolute Gasteiger partial charge is 0.460 e. The monoisotopic (exact) mass is 289 g/mol. The van der Waals surface area contributed by atoms with Gasteiger partial charge in [0.1, 0.15) is 11.5 Å². The predicted octanol–water partition coefficient (Wildman–Crippen LogP) is 2.72. The van der Waals surface area contributed by atoms with E-state index in [1.807, 2.05) is 25.3 Å². The fourth-order valence-corrected chi connectivity index (χ4v) is 2.69. The Kier molecular flexibility index (Phi) is 4.41. The van der Waals surface area contributed by atoms with Gasteiger partial charge in [0.2, 0.25) is 0 Å². The standard InChI is InChI=1S/C16H23N3O2/c1-12-4-7-15(21-12)16-13(10-17-18-16)11-19(14-5-6-14)8-2-3-9-20/h4,7,10,14,20H,2-3,5-6,8-9,11H2,1H3,(H,17,18). The van der Waals surface area contributed by atoms with Gasteiger partial charge in [0.15, 0.2) is 5.76 Å². The molecule has 21 heavy (non-hydrogen) atoms. The zero-order valence-corrected chi connectivity index (χ0v) is 12.5. The first-order chi connectivity index (χ1) is 10.3. The molecule has 5 heteroatoms. The molecule has 2 N–H and O–H groups in total. The summed E-state index contributed by atoms with van der Waals surface area (Å²) in [5, 5.41) is 16.2. The molecule has 114 valence electrons. The number of nitrogens with zero attached hydrogens (tertiary/aromatic N) is 2. The van der Waals surface area contributed by atoms with Crippen LogP contribution in [0.15, 0.2) is 22.7 Å². The lowest BCUT2D eigenvalue weighted by Gasteiger charge is -2.21. The summed E-state index contributed by atoms with van der Waals surface area (Å²) in [6, 6.07) is 4.66. The van der Waals surface area contributed by atoms with Crippen LogP contribution in [-0.2, 0) is 6.54 Å². The molecule has 0 aromatic carbocycles. The van der Waals surface area contributed by atoms with E-state index in [2.05, 4.69) is 15.1 Å². The molecule has 0 aliphatic heterocycles. The fourth-order valence-electron chi connectivity index (χ4n) is 2.69. The number of nitrogens with one attached hydrogen (secondary N) is 1. The minimum absolute atomic E-state index is 0.279. The zero-order valence-electron chi connectivity index (χ0n) is 12.5. The van der Waals surface area contributed by atoms with Gasteiger partial charge in [-0.15, -0.1) is 0 Å². The molecule has 0 spiro atoms. The molecule has 0 saturated heterocycles. The Labute approximate surface area is 125 Å². The first-order valence-electron chi connectivity index (χ1n) is 7.72. The highest BCUT2D eigenvalue weighted by Gasteiger charge is 2.29. The van der Waals surface area contributed by atoms with Gasteiger partial charge in [0.25, 0.3) is 0 Å². The first-order valence-corrected chi connectivity index (χ1v) is 7.72. The number of aryl methyl sites for hydroxylation is 1. The Bertz CT molecular complexity index is 572. The van der Waals surface area contributed by atoms with Crippen molar-refractivity contribution >= 4 is 0 Å². The van der Waals surface area contributed by atoms with E-state index in [0.29, 0.717) is 6.04 Å². The van der Waals surface area contributed by atoms with Crippen LogP contribution in [0.25, 0.3) is 11.5 Å². The summed E-state index contributed by atoms with van der Waals surface area (Å²) < 4.78 is 5.70. The molecule has 0 atom stereocenters. The molecular weight excluding hydrogens is 266 g/mol. The van der Waals surface area contributed by atoms with Crippen molar-refractivity contribution in [3.63, 3.8) is 0 Å². The molecule has 0 radical (unpaired) electrons. The van der Waals surface area contributed by atoms with Crippen LogP contribution in [0.4, 0.5) is 0 Å². The molecule has 2 aromatic heterocycles. The Morgan fingerprint density at radius 1 is 1.38 bits per heavy atom. The minimum atomic E-state index is 0.279. The van der Waals surface area contributed by atoms with Crippen molar-refractivity contribution in [2.45, 2.75) is 45.2 Å². The normalized spacial score (nSPS) is 15.0. The quantitative estimate of drug-likeness (QED) is 0.733. The van der Waals surface area contributed by atoms with E-state index < -0.39 is 0 Å². The van der Waals surface area contributed by atoms with Gasteiger partial charge in [-0.1, -0.05) is 0 Å². The summed E-state index contributed by atoms with van der Waals surface area (Å²) in [6.07, 6.45) is 6.38. The maximum Gasteiger partial charge on any atom is 0.152 e. The Morgan fingerprint density at radius 3 is 2.90 bits per heavy atom. The number of aromatic amines is 1. The van der Waals surface area contributed by atoms with E-state index >= 15 is 0 Å². The van der Waals surface area contributed by atoms with E-state index in [-0.39, 0.29) is 6.61 Å². The van der Waals surface area contributed by atoms with Crippen LogP contribution in [0.1, 0.15) is 37.0 Å². The van der Waals surface area contributed by atoms with Crippen LogP contribution >= 0.6 is 0 Å². The van der Waals surface area contributed by atoms with E-state index in [0.717, 1.165) is 43.1 Å². The summed E-state index contributed by atoms with van der Waals surface area (Å²) in [5.74, 6) is 1.76. The third-order valence-electron chi connectivity index (χ3n) is 3.99. The average Bonchev–Trinajstić information content (AvgIpc) is 3.07. The highest BCUT2D eigenvalue weighted by Crippen LogP contribution is 2.31. The number of aliphatic hydroxyl groups is 1. The van der Waals surface area contributed by atoms with Crippen LogP contribution in [0.3, 0.4) is 0 Å². The second kappa shape index (κ2) is 6.45. The summed E-state index contributed by atoms with van der Waals surface area (Å²) >= 11 is 0. The van der Waals surface area contributed by atoms with Crippen molar-refractivity contribution < 1.29 is 9.52 Å². The molecule has 1 aliphatic carbocycles. The highest BCUT2D eigenvalue weighted by molar-refractivity contribution is 5.56. The lowest BCUT2D eigenvalue weighted by Crippen LogP contribution is -2.27. The van der Waals surface area contributed by atoms with Crippen molar-refractivity contribution in [1.82, 2.24) is 15.1 Å². The van der Waals surface area contributed by atoms with Gasteiger partial charge >= 0.3 is 0 Å². The number of aliphatic hydroxyl groups excluding tert-OH is 1. The number of rotatable bonds is 8. The van der Waals surface area contributed by atoms with Gasteiger partial charge in [-0.05, 0) is 51.3 Å². The molecule has 1 saturated carbocycles. The number of aromatic nitrogens is 2. The first kappa shape index (κ1) is 14.4. The fraction of sp³-hybridized carbons (Fsp3) is 0.562. The van der Waals surface area contributed by atoms with Crippen molar-refractivity contribution in [2.75, 3.05) is 13.2 Å². The Morgan fingerprint density at radius 2 is 2.24 bits per heavy atom. The molecule has 1 fully saturated rings. The average molecular weight is 289 g/mol. The lowest BCUT2D eigenvalue weighted by atomic mass is 10.2. The molecule has 0 amide bonds. The topological polar surface area (TPSA) is 65.3 Å². The number of H-pyrrole nitrogens is 1. The molecule has 0 bridgehead atoms. The Balaban J connectivity index is 1.70. The van der Waals surface area contributed by atoms with Crippen LogP contribution in [-0.4, -0.2) is 39.4 Å². The van der Waals surface area contributed by atoms with Gasteiger partial charge in [-0.2, -0.15) is 5.10 Å². The van der Waals surface area contributed by atoms with Crippen LogP contribution < -0.4 is 0 Å². The van der Waals surface area contributed by atoms with Crippen LogP contribution in [0, 0.1) is 6.92 Å². The summed E-state index contributed by atoms with van der Waals surface area (Å²) in [7, 11) is 0. The predicted molar refractivity (Wildman–Crippen MR) is 80.8 cm³/mol. The number of unbranched alkanes of at least 4 members (excludes halogenated alkanes) is 1. The van der Waals surface area contributed by atoms with Crippen molar-refractivity contribution in [1.29, 1.82) is 0 Å². The van der Waals surface area contributed by atoms with E-state index in [4.69, 9.17) is 9.52 Å². The molecule has 2 aromatic rings. The second-order valence-corrected chi connectivity index (χ2v) is 5.81. The maximum absolute atomic E-state index is 8.94.